The van der Waals surface area contributed by atoms with Crippen molar-refractivity contribution in [3.05, 3.63) is 17.8 Å². The Balaban J connectivity index is 2.84. The number of nitrogens with zero attached hydrogens (tertiary/aromatic N) is 1. The van der Waals surface area contributed by atoms with Crippen LogP contribution in [0.4, 0.5) is 5.82 Å². The second kappa shape index (κ2) is 3.55. The van der Waals surface area contributed by atoms with Gasteiger partial charge in [0.2, 0.25) is 0 Å². The third kappa shape index (κ3) is 1.67. The molecule has 58 valence electrons. The molecule has 1 heterocycles. The monoisotopic (exact) mass is 151 g/mol. The number of anilines is 1. The molecule has 0 unspecified atom stereocenters. The number of allylic oxidation sites excluding steroid dienone is 1. The number of aromatic nitrogens is 2. The zero-order valence-corrected chi connectivity index (χ0v) is 6.16. The van der Waals surface area contributed by atoms with E-state index in [1.165, 1.54) is 6.08 Å². The summed E-state index contributed by atoms with van der Waals surface area (Å²) in [7, 11) is 1.78. The molecule has 4 nitrogen and oxygen atoms in total. The first-order valence-electron chi connectivity index (χ1n) is 3.21. The van der Waals surface area contributed by atoms with Crippen LogP contribution in [-0.4, -0.2) is 23.5 Å². The number of rotatable bonds is 3. The van der Waals surface area contributed by atoms with Crippen LogP contribution in [0.5, 0.6) is 0 Å². The average Bonchev–Trinajstić information content (AvgIpc) is 2.47. The number of carbonyl (C=O) groups excluding carboxylic acids is 1. The van der Waals surface area contributed by atoms with E-state index in [1.807, 2.05) is 0 Å². The Morgan fingerprint density at radius 3 is 3.18 bits per heavy atom. The third-order valence-corrected chi connectivity index (χ3v) is 1.27. The van der Waals surface area contributed by atoms with Gasteiger partial charge in [-0.2, -0.15) is 5.10 Å². The van der Waals surface area contributed by atoms with E-state index in [0.29, 0.717) is 0 Å². The molecule has 1 aromatic rings. The smallest absolute Gasteiger partial charge is 0.142 e. The standard InChI is InChI=1S/C7H9N3O/c1-8-7-6(3-2-4-11)5-9-10-7/h2-5H,1H3,(H2,8,9,10)/b3-2-. The molecule has 0 aliphatic rings. The maximum Gasteiger partial charge on any atom is 0.142 e. The lowest BCUT2D eigenvalue weighted by atomic mass is 10.3. The van der Waals surface area contributed by atoms with Crippen molar-refractivity contribution in [3.8, 4) is 0 Å². The quantitative estimate of drug-likeness (QED) is 0.493. The molecular formula is C7H9N3O. The average molecular weight is 151 g/mol. The molecule has 0 amide bonds. The molecule has 4 heteroatoms. The van der Waals surface area contributed by atoms with Crippen molar-refractivity contribution in [2.75, 3.05) is 12.4 Å². The number of hydrogen-bond acceptors (Lipinski definition) is 3. The predicted octanol–water partition coefficient (Wildman–Crippen LogP) is 0.663. The van der Waals surface area contributed by atoms with Gasteiger partial charge in [-0.15, -0.1) is 0 Å². The minimum Gasteiger partial charge on any atom is -0.373 e. The van der Waals surface area contributed by atoms with Gasteiger partial charge in [0.1, 0.15) is 12.1 Å². The second-order valence-electron chi connectivity index (χ2n) is 1.95. The molecule has 0 fully saturated rings. The van der Waals surface area contributed by atoms with Gasteiger partial charge in [-0.05, 0) is 12.2 Å². The predicted molar refractivity (Wildman–Crippen MR) is 43.2 cm³/mol. The maximum absolute atomic E-state index is 9.96. The topological polar surface area (TPSA) is 57.8 Å². The van der Waals surface area contributed by atoms with Crippen LogP contribution in [0.3, 0.4) is 0 Å². The summed E-state index contributed by atoms with van der Waals surface area (Å²) in [5, 5.41) is 9.43. The summed E-state index contributed by atoms with van der Waals surface area (Å²) in [6.45, 7) is 0. The summed E-state index contributed by atoms with van der Waals surface area (Å²) in [6, 6.07) is 0. The van der Waals surface area contributed by atoms with Crippen molar-refractivity contribution in [2.24, 2.45) is 0 Å². The van der Waals surface area contributed by atoms with E-state index in [2.05, 4.69) is 15.5 Å². The molecule has 0 aliphatic heterocycles. The highest BCUT2D eigenvalue weighted by molar-refractivity contribution is 5.76. The van der Waals surface area contributed by atoms with Crippen molar-refractivity contribution < 1.29 is 4.79 Å². The molecule has 0 bridgehead atoms. The molecule has 2 N–H and O–H groups in total. The first-order chi connectivity index (χ1) is 5.38. The second-order valence-corrected chi connectivity index (χ2v) is 1.95. The Kier molecular flexibility index (Phi) is 2.43. The van der Waals surface area contributed by atoms with Gasteiger partial charge in [0.25, 0.3) is 0 Å². The SMILES string of the molecule is CNc1[nH]ncc1/C=C\C=O. The molecule has 0 aromatic carbocycles. The van der Waals surface area contributed by atoms with E-state index < -0.39 is 0 Å². The van der Waals surface area contributed by atoms with Crippen LogP contribution in [0.2, 0.25) is 0 Å². The van der Waals surface area contributed by atoms with E-state index in [0.717, 1.165) is 17.7 Å². The van der Waals surface area contributed by atoms with Gasteiger partial charge in [0.05, 0.1) is 6.20 Å². The molecule has 1 rings (SSSR count). The minimum absolute atomic E-state index is 0.729. The molecule has 0 radical (unpaired) electrons. The lowest BCUT2D eigenvalue weighted by Gasteiger charge is -1.93. The molecule has 0 aliphatic carbocycles. The van der Waals surface area contributed by atoms with E-state index in [4.69, 9.17) is 0 Å². The van der Waals surface area contributed by atoms with Crippen LogP contribution in [0.25, 0.3) is 6.08 Å². The summed E-state index contributed by atoms with van der Waals surface area (Å²) >= 11 is 0. The molecule has 1 aromatic heterocycles. The third-order valence-electron chi connectivity index (χ3n) is 1.27. The zero-order chi connectivity index (χ0) is 8.10. The van der Waals surface area contributed by atoms with Crippen LogP contribution < -0.4 is 5.32 Å². The van der Waals surface area contributed by atoms with Crippen LogP contribution in [0, 0.1) is 0 Å². The first kappa shape index (κ1) is 7.53. The van der Waals surface area contributed by atoms with Crippen molar-refractivity contribution in [3.63, 3.8) is 0 Å². The Morgan fingerprint density at radius 2 is 2.55 bits per heavy atom. The number of aromatic amines is 1. The zero-order valence-electron chi connectivity index (χ0n) is 6.16. The van der Waals surface area contributed by atoms with E-state index in [9.17, 15) is 4.79 Å². The van der Waals surface area contributed by atoms with Crippen LogP contribution in [-0.2, 0) is 4.79 Å². The maximum atomic E-state index is 9.96. The van der Waals surface area contributed by atoms with Crippen molar-refractivity contribution in [2.45, 2.75) is 0 Å². The largest absolute Gasteiger partial charge is 0.373 e. The highest BCUT2D eigenvalue weighted by Crippen LogP contribution is 2.10. The van der Waals surface area contributed by atoms with Gasteiger partial charge in [0, 0.05) is 12.6 Å². The molecule has 11 heavy (non-hydrogen) atoms. The lowest BCUT2D eigenvalue weighted by Crippen LogP contribution is -1.89. The first-order valence-corrected chi connectivity index (χ1v) is 3.21. The fourth-order valence-corrected chi connectivity index (χ4v) is 0.765. The van der Waals surface area contributed by atoms with E-state index in [-0.39, 0.29) is 0 Å². The van der Waals surface area contributed by atoms with E-state index in [1.54, 1.807) is 19.3 Å². The van der Waals surface area contributed by atoms with Crippen molar-refractivity contribution in [1.82, 2.24) is 10.2 Å². The fraction of sp³-hybridized carbons (Fsp3) is 0.143. The Hall–Kier alpha value is -1.58. The highest BCUT2D eigenvalue weighted by Gasteiger charge is 1.96. The molecule has 0 spiro atoms. The van der Waals surface area contributed by atoms with Crippen LogP contribution in [0.15, 0.2) is 12.3 Å². The minimum atomic E-state index is 0.729. The normalized spacial score (nSPS) is 10.3. The van der Waals surface area contributed by atoms with Crippen LogP contribution >= 0.6 is 0 Å². The van der Waals surface area contributed by atoms with Gasteiger partial charge in [-0.1, -0.05) is 0 Å². The number of aldehydes is 1. The Bertz CT molecular complexity index is 264. The number of nitrogens with one attached hydrogen (secondary N) is 2. The molecule has 0 atom stereocenters. The van der Waals surface area contributed by atoms with Gasteiger partial charge in [0.15, 0.2) is 0 Å². The molecular weight excluding hydrogens is 142 g/mol. The Labute approximate surface area is 64.3 Å². The summed E-state index contributed by atoms with van der Waals surface area (Å²) in [6.07, 6.45) is 5.48. The molecule has 0 saturated heterocycles. The van der Waals surface area contributed by atoms with Crippen LogP contribution in [0.1, 0.15) is 5.56 Å². The van der Waals surface area contributed by atoms with Gasteiger partial charge < -0.3 is 5.32 Å². The number of carbonyl (C=O) groups is 1. The lowest BCUT2D eigenvalue weighted by molar-refractivity contribution is -0.104. The fourth-order valence-electron chi connectivity index (χ4n) is 0.765. The summed E-state index contributed by atoms with van der Waals surface area (Å²) in [5.74, 6) is 0.808. The summed E-state index contributed by atoms with van der Waals surface area (Å²) in [5.41, 5.74) is 0.875. The summed E-state index contributed by atoms with van der Waals surface area (Å²) in [4.78, 5) is 9.96. The Morgan fingerprint density at radius 1 is 1.73 bits per heavy atom. The summed E-state index contributed by atoms with van der Waals surface area (Å²) < 4.78 is 0. The number of H-pyrrole nitrogens is 1. The van der Waals surface area contributed by atoms with E-state index >= 15 is 0 Å². The van der Waals surface area contributed by atoms with Crippen molar-refractivity contribution in [1.29, 1.82) is 0 Å². The number of hydrogen-bond donors (Lipinski definition) is 2. The van der Waals surface area contributed by atoms with Gasteiger partial charge >= 0.3 is 0 Å². The van der Waals surface area contributed by atoms with Crippen molar-refractivity contribution >= 4 is 18.2 Å². The van der Waals surface area contributed by atoms with Gasteiger partial charge in [-0.3, -0.25) is 9.89 Å². The highest BCUT2D eigenvalue weighted by atomic mass is 16.1. The van der Waals surface area contributed by atoms with Gasteiger partial charge in [-0.25, -0.2) is 0 Å². The molecule has 0 saturated carbocycles.